The van der Waals surface area contributed by atoms with Gasteiger partial charge in [-0.05, 0) is 24.2 Å². The van der Waals surface area contributed by atoms with Gasteiger partial charge in [0.2, 0.25) is 0 Å². The fraction of sp³-hybridized carbons (Fsp3) is 1.00. The van der Waals surface area contributed by atoms with Crippen LogP contribution in [0.5, 0.6) is 0 Å². The van der Waals surface area contributed by atoms with Crippen LogP contribution in [0.25, 0.3) is 0 Å². The van der Waals surface area contributed by atoms with Crippen molar-refractivity contribution in [3.63, 3.8) is 0 Å². The van der Waals surface area contributed by atoms with E-state index in [1.54, 1.807) is 0 Å². The van der Waals surface area contributed by atoms with Crippen molar-refractivity contribution < 1.29 is 0 Å². The number of halogens is 1. The van der Waals surface area contributed by atoms with Gasteiger partial charge in [-0.1, -0.05) is 62.4 Å². The van der Waals surface area contributed by atoms with Gasteiger partial charge in [-0.25, -0.2) is 0 Å². The second-order valence-corrected chi connectivity index (χ2v) is 6.42. The van der Waals surface area contributed by atoms with E-state index in [4.69, 9.17) is 0 Å². The summed E-state index contributed by atoms with van der Waals surface area (Å²) in [4.78, 5) is 0.688. The highest BCUT2D eigenvalue weighted by molar-refractivity contribution is 9.09. The minimum absolute atomic E-state index is 0.688. The third-order valence-electron chi connectivity index (χ3n) is 3.53. The van der Waals surface area contributed by atoms with Gasteiger partial charge in [0.15, 0.2) is 0 Å². The van der Waals surface area contributed by atoms with Gasteiger partial charge in [-0.3, -0.25) is 0 Å². The first-order valence-electron chi connectivity index (χ1n) is 5.75. The van der Waals surface area contributed by atoms with E-state index in [1.807, 2.05) is 0 Å². The van der Waals surface area contributed by atoms with E-state index in [9.17, 15) is 0 Å². The molecule has 1 heteroatoms. The normalized spacial score (nSPS) is 23.8. The van der Waals surface area contributed by atoms with Gasteiger partial charge in [0.1, 0.15) is 0 Å². The molecule has 0 nitrogen and oxygen atoms in total. The zero-order valence-corrected chi connectivity index (χ0v) is 10.8. The molecule has 0 radical (unpaired) electrons. The molecule has 1 saturated carbocycles. The summed E-state index contributed by atoms with van der Waals surface area (Å²) in [7, 11) is 0. The zero-order valence-electron chi connectivity index (χ0n) is 9.22. The lowest BCUT2D eigenvalue weighted by molar-refractivity contribution is 0.300. The highest BCUT2D eigenvalue weighted by atomic mass is 79.9. The third-order valence-corrected chi connectivity index (χ3v) is 4.21. The Morgan fingerprint density at radius 3 is 2.08 bits per heavy atom. The molecule has 78 valence electrons. The van der Waals surface area contributed by atoms with E-state index in [1.165, 1.54) is 32.1 Å². The lowest BCUT2D eigenvalue weighted by Gasteiger charge is -2.26. The minimum Gasteiger partial charge on any atom is -0.0891 e. The van der Waals surface area contributed by atoms with Crippen molar-refractivity contribution in [3.8, 4) is 0 Å². The van der Waals surface area contributed by atoms with E-state index >= 15 is 0 Å². The van der Waals surface area contributed by atoms with Crippen molar-refractivity contribution >= 4 is 15.9 Å². The fourth-order valence-corrected chi connectivity index (χ4v) is 3.45. The summed E-state index contributed by atoms with van der Waals surface area (Å²) in [6, 6.07) is 0. The van der Waals surface area contributed by atoms with Crippen molar-refractivity contribution in [1.82, 2.24) is 0 Å². The predicted octanol–water partition coefficient (Wildman–Crippen LogP) is 4.62. The maximum Gasteiger partial charge on any atom is 0.0148 e. The summed E-state index contributed by atoms with van der Waals surface area (Å²) >= 11 is 3.75. The summed E-state index contributed by atoms with van der Waals surface area (Å²) in [5, 5.41) is 0. The van der Waals surface area contributed by atoms with E-state index in [-0.39, 0.29) is 0 Å². The molecule has 0 heterocycles. The molecular weight excluding hydrogens is 224 g/mol. The molecule has 1 fully saturated rings. The fourth-order valence-electron chi connectivity index (χ4n) is 2.62. The molecule has 0 spiro atoms. The first-order valence-corrected chi connectivity index (χ1v) is 6.67. The van der Waals surface area contributed by atoms with Crippen LogP contribution in [0.1, 0.15) is 52.9 Å². The lowest BCUT2D eigenvalue weighted by atomic mass is 9.84. The Balaban J connectivity index is 2.37. The summed E-state index contributed by atoms with van der Waals surface area (Å²) in [6.07, 6.45) is 7.38. The van der Waals surface area contributed by atoms with Gasteiger partial charge in [-0.15, -0.1) is 0 Å². The number of alkyl halides is 1. The molecular formula is C12H23Br. The quantitative estimate of drug-likeness (QED) is 0.636. The Bertz CT molecular complexity index is 126. The molecule has 1 aliphatic carbocycles. The largest absolute Gasteiger partial charge is 0.0891 e. The highest BCUT2D eigenvalue weighted by Gasteiger charge is 2.24. The van der Waals surface area contributed by atoms with Gasteiger partial charge in [0.25, 0.3) is 0 Å². The second kappa shape index (κ2) is 5.38. The maximum absolute atomic E-state index is 3.75. The molecule has 1 rings (SSSR count). The average molecular weight is 247 g/mol. The monoisotopic (exact) mass is 246 g/mol. The van der Waals surface area contributed by atoms with Crippen LogP contribution in [-0.2, 0) is 0 Å². The van der Waals surface area contributed by atoms with Crippen molar-refractivity contribution in [2.45, 2.75) is 57.7 Å². The molecule has 1 aliphatic rings. The number of rotatable bonds is 4. The van der Waals surface area contributed by atoms with Crippen LogP contribution in [0.4, 0.5) is 0 Å². The average Bonchev–Trinajstić information content (AvgIpc) is 2.50. The van der Waals surface area contributed by atoms with E-state index in [0.717, 1.165) is 17.8 Å². The van der Waals surface area contributed by atoms with Crippen molar-refractivity contribution in [3.05, 3.63) is 0 Å². The SMILES string of the molecule is CC(C)C(CC1CCCC1)C(C)Br. The summed E-state index contributed by atoms with van der Waals surface area (Å²) in [6.45, 7) is 7.02. The van der Waals surface area contributed by atoms with Crippen molar-refractivity contribution in [2.75, 3.05) is 0 Å². The Labute approximate surface area is 91.6 Å². The molecule has 2 atom stereocenters. The molecule has 13 heavy (non-hydrogen) atoms. The molecule has 0 aliphatic heterocycles. The first kappa shape index (κ1) is 11.6. The minimum atomic E-state index is 0.688. The number of hydrogen-bond donors (Lipinski definition) is 0. The lowest BCUT2D eigenvalue weighted by Crippen LogP contribution is -2.20. The Kier molecular flexibility index (Phi) is 4.78. The predicted molar refractivity (Wildman–Crippen MR) is 63.3 cm³/mol. The highest BCUT2D eigenvalue weighted by Crippen LogP contribution is 2.35. The van der Waals surface area contributed by atoms with Crippen LogP contribution in [0.15, 0.2) is 0 Å². The second-order valence-electron chi connectivity index (χ2n) is 4.97. The van der Waals surface area contributed by atoms with Gasteiger partial charge in [-0.2, -0.15) is 0 Å². The van der Waals surface area contributed by atoms with Crippen LogP contribution < -0.4 is 0 Å². The van der Waals surface area contributed by atoms with E-state index in [2.05, 4.69) is 36.7 Å². The van der Waals surface area contributed by atoms with E-state index in [0.29, 0.717) is 4.83 Å². The van der Waals surface area contributed by atoms with Gasteiger partial charge in [0.05, 0.1) is 0 Å². The molecule has 0 bridgehead atoms. The van der Waals surface area contributed by atoms with Gasteiger partial charge >= 0.3 is 0 Å². The molecule has 0 saturated heterocycles. The molecule has 0 aromatic rings. The number of hydrogen-bond acceptors (Lipinski definition) is 0. The Hall–Kier alpha value is 0.480. The summed E-state index contributed by atoms with van der Waals surface area (Å²) in [5.74, 6) is 2.74. The molecule has 0 N–H and O–H groups in total. The topological polar surface area (TPSA) is 0 Å². The first-order chi connectivity index (χ1) is 6.11. The molecule has 0 aromatic heterocycles. The molecule has 0 amide bonds. The van der Waals surface area contributed by atoms with Crippen molar-refractivity contribution in [2.24, 2.45) is 17.8 Å². The van der Waals surface area contributed by atoms with Crippen molar-refractivity contribution in [1.29, 1.82) is 0 Å². The van der Waals surface area contributed by atoms with Crippen LogP contribution in [0, 0.1) is 17.8 Å². The zero-order chi connectivity index (χ0) is 9.84. The maximum atomic E-state index is 3.75. The van der Waals surface area contributed by atoms with Crippen LogP contribution in [0.3, 0.4) is 0 Å². The van der Waals surface area contributed by atoms with E-state index < -0.39 is 0 Å². The standard InChI is InChI=1S/C12H23Br/c1-9(2)12(10(3)13)8-11-6-4-5-7-11/h9-12H,4-8H2,1-3H3. The third kappa shape index (κ3) is 3.61. The molecule has 0 aromatic carbocycles. The summed E-state index contributed by atoms with van der Waals surface area (Å²) in [5.41, 5.74) is 0. The molecule has 2 unspecified atom stereocenters. The van der Waals surface area contributed by atoms with Gasteiger partial charge < -0.3 is 0 Å². The van der Waals surface area contributed by atoms with Crippen LogP contribution in [0.2, 0.25) is 0 Å². The van der Waals surface area contributed by atoms with Crippen LogP contribution >= 0.6 is 15.9 Å². The Morgan fingerprint density at radius 2 is 1.69 bits per heavy atom. The smallest absolute Gasteiger partial charge is 0.0148 e. The van der Waals surface area contributed by atoms with Gasteiger partial charge in [0, 0.05) is 4.83 Å². The van der Waals surface area contributed by atoms with Crippen LogP contribution in [-0.4, -0.2) is 4.83 Å². The Morgan fingerprint density at radius 1 is 1.15 bits per heavy atom. The summed E-state index contributed by atoms with van der Waals surface area (Å²) < 4.78 is 0.